The molecular formula is C21H21N3O5. The van der Waals surface area contributed by atoms with Crippen LogP contribution in [-0.4, -0.2) is 46.4 Å². The number of nitro groups is 1. The van der Waals surface area contributed by atoms with Crippen molar-refractivity contribution in [1.82, 2.24) is 4.90 Å². The van der Waals surface area contributed by atoms with Crippen LogP contribution in [0.15, 0.2) is 36.4 Å². The van der Waals surface area contributed by atoms with Crippen LogP contribution >= 0.6 is 0 Å². The number of anilines is 1. The summed E-state index contributed by atoms with van der Waals surface area (Å²) in [6.45, 7) is 2.34. The van der Waals surface area contributed by atoms with Gasteiger partial charge in [0.2, 0.25) is 0 Å². The number of carboxylic acids is 1. The standard InChI is InChI=1S/C21H21N3O5/c25-20(23-10-7-14-3-4-16(21(26)27)11-17(14)13-23)15-5-6-18(19(12-15)24(28)29)22-8-1-2-9-22/h3-6,11-12H,1-2,7-10,13H2,(H,26,27). The Morgan fingerprint density at radius 1 is 0.966 bits per heavy atom. The number of nitro benzene ring substituents is 1. The molecule has 1 amide bonds. The molecule has 0 aromatic heterocycles. The number of carboxylic acid groups (broad SMARTS) is 1. The van der Waals surface area contributed by atoms with E-state index in [9.17, 15) is 24.8 Å². The SMILES string of the molecule is O=C(O)c1ccc2c(c1)CN(C(=O)c1ccc(N3CCCC3)c([N+](=O)[O-])c1)CC2. The monoisotopic (exact) mass is 395 g/mol. The molecule has 1 saturated heterocycles. The van der Waals surface area contributed by atoms with Gasteiger partial charge in [-0.05, 0) is 54.7 Å². The van der Waals surface area contributed by atoms with Crippen molar-refractivity contribution in [3.8, 4) is 0 Å². The number of carbonyl (C=O) groups is 2. The van der Waals surface area contributed by atoms with Crippen LogP contribution in [0.2, 0.25) is 0 Å². The van der Waals surface area contributed by atoms with Gasteiger partial charge in [-0.25, -0.2) is 4.79 Å². The van der Waals surface area contributed by atoms with Crippen LogP contribution in [0.4, 0.5) is 11.4 Å². The number of nitrogens with zero attached hydrogens (tertiary/aromatic N) is 3. The van der Waals surface area contributed by atoms with Gasteiger partial charge in [-0.1, -0.05) is 6.07 Å². The normalized spacial score (nSPS) is 15.9. The zero-order valence-electron chi connectivity index (χ0n) is 15.8. The van der Waals surface area contributed by atoms with Crippen molar-refractivity contribution in [2.45, 2.75) is 25.8 Å². The highest BCUT2D eigenvalue weighted by molar-refractivity contribution is 5.96. The fraction of sp³-hybridized carbons (Fsp3) is 0.333. The third kappa shape index (κ3) is 3.65. The molecular weight excluding hydrogens is 374 g/mol. The lowest BCUT2D eigenvalue weighted by Crippen LogP contribution is -2.36. The molecule has 1 fully saturated rings. The Bertz CT molecular complexity index is 998. The maximum Gasteiger partial charge on any atom is 0.335 e. The first-order chi connectivity index (χ1) is 13.9. The smallest absolute Gasteiger partial charge is 0.335 e. The minimum Gasteiger partial charge on any atom is -0.478 e. The largest absolute Gasteiger partial charge is 0.478 e. The van der Waals surface area contributed by atoms with Crippen molar-refractivity contribution in [1.29, 1.82) is 0 Å². The highest BCUT2D eigenvalue weighted by Crippen LogP contribution is 2.32. The molecule has 2 heterocycles. The first-order valence-electron chi connectivity index (χ1n) is 9.62. The van der Waals surface area contributed by atoms with Crippen LogP contribution in [0, 0.1) is 10.1 Å². The Labute approximate surface area is 167 Å². The highest BCUT2D eigenvalue weighted by atomic mass is 16.6. The van der Waals surface area contributed by atoms with E-state index in [1.54, 1.807) is 35.2 Å². The number of benzene rings is 2. The lowest BCUT2D eigenvalue weighted by molar-refractivity contribution is -0.384. The minimum absolute atomic E-state index is 0.0525. The van der Waals surface area contributed by atoms with Crippen molar-refractivity contribution in [2.24, 2.45) is 0 Å². The predicted octanol–water partition coefficient (Wildman–Crippen LogP) is 3.09. The van der Waals surface area contributed by atoms with Gasteiger partial charge >= 0.3 is 5.97 Å². The second kappa shape index (κ2) is 7.54. The van der Waals surface area contributed by atoms with Crippen LogP contribution in [0.3, 0.4) is 0 Å². The molecule has 8 nitrogen and oxygen atoms in total. The van der Waals surface area contributed by atoms with Crippen LogP contribution in [-0.2, 0) is 13.0 Å². The van der Waals surface area contributed by atoms with Crippen molar-refractivity contribution in [2.75, 3.05) is 24.5 Å². The number of rotatable bonds is 4. The number of hydrogen-bond acceptors (Lipinski definition) is 5. The zero-order valence-corrected chi connectivity index (χ0v) is 15.8. The summed E-state index contributed by atoms with van der Waals surface area (Å²) < 4.78 is 0. The Hall–Kier alpha value is -3.42. The molecule has 2 aromatic rings. The quantitative estimate of drug-likeness (QED) is 0.630. The Morgan fingerprint density at radius 3 is 2.38 bits per heavy atom. The molecule has 2 aromatic carbocycles. The average molecular weight is 395 g/mol. The van der Waals surface area contributed by atoms with E-state index in [1.165, 1.54) is 6.07 Å². The number of carbonyl (C=O) groups excluding carboxylic acids is 1. The maximum absolute atomic E-state index is 13.0. The number of hydrogen-bond donors (Lipinski definition) is 1. The molecule has 8 heteroatoms. The molecule has 2 aliphatic rings. The summed E-state index contributed by atoms with van der Waals surface area (Å²) >= 11 is 0. The minimum atomic E-state index is -1.01. The second-order valence-corrected chi connectivity index (χ2v) is 7.42. The van der Waals surface area contributed by atoms with Gasteiger partial charge in [-0.15, -0.1) is 0 Å². The fourth-order valence-electron chi connectivity index (χ4n) is 4.07. The molecule has 1 N–H and O–H groups in total. The zero-order chi connectivity index (χ0) is 20.5. The third-order valence-electron chi connectivity index (χ3n) is 5.62. The molecule has 0 atom stereocenters. The first kappa shape index (κ1) is 18.9. The Kier molecular flexibility index (Phi) is 4.92. The maximum atomic E-state index is 13.0. The fourth-order valence-corrected chi connectivity index (χ4v) is 4.07. The van der Waals surface area contributed by atoms with Gasteiger partial charge in [0.05, 0.1) is 10.5 Å². The highest BCUT2D eigenvalue weighted by Gasteiger charge is 2.27. The molecule has 0 radical (unpaired) electrons. The summed E-state index contributed by atoms with van der Waals surface area (Å²) in [5.74, 6) is -1.29. The van der Waals surface area contributed by atoms with Crippen molar-refractivity contribution in [3.63, 3.8) is 0 Å². The lowest BCUT2D eigenvalue weighted by atomic mass is 9.96. The Morgan fingerprint density at radius 2 is 1.69 bits per heavy atom. The van der Waals surface area contributed by atoms with E-state index < -0.39 is 10.9 Å². The topological polar surface area (TPSA) is 104 Å². The summed E-state index contributed by atoms with van der Waals surface area (Å²) in [5.41, 5.74) is 2.78. The summed E-state index contributed by atoms with van der Waals surface area (Å²) in [7, 11) is 0. The van der Waals surface area contributed by atoms with Gasteiger partial charge in [-0.3, -0.25) is 14.9 Å². The molecule has 0 bridgehead atoms. The van der Waals surface area contributed by atoms with E-state index in [2.05, 4.69) is 0 Å². The second-order valence-electron chi connectivity index (χ2n) is 7.42. The summed E-state index contributed by atoms with van der Waals surface area (Å²) in [6, 6.07) is 9.62. The van der Waals surface area contributed by atoms with Crippen molar-refractivity contribution < 1.29 is 19.6 Å². The summed E-state index contributed by atoms with van der Waals surface area (Å²) in [4.78, 5) is 39.0. The number of aromatic carboxylic acids is 1. The van der Waals surface area contributed by atoms with Gasteiger partial charge in [-0.2, -0.15) is 0 Å². The number of fused-ring (bicyclic) bond motifs is 1. The van der Waals surface area contributed by atoms with Gasteiger partial charge in [0.1, 0.15) is 5.69 Å². The third-order valence-corrected chi connectivity index (χ3v) is 5.62. The van der Waals surface area contributed by atoms with E-state index in [0.717, 1.165) is 37.1 Å². The lowest BCUT2D eigenvalue weighted by Gasteiger charge is -2.29. The Balaban J connectivity index is 1.60. The van der Waals surface area contributed by atoms with Crippen LogP contribution in [0.1, 0.15) is 44.7 Å². The molecule has 150 valence electrons. The molecule has 29 heavy (non-hydrogen) atoms. The van der Waals surface area contributed by atoms with E-state index in [1.807, 2.05) is 4.90 Å². The van der Waals surface area contributed by atoms with Crippen LogP contribution in [0.5, 0.6) is 0 Å². The van der Waals surface area contributed by atoms with Crippen molar-refractivity contribution in [3.05, 3.63) is 68.8 Å². The van der Waals surface area contributed by atoms with Crippen LogP contribution in [0.25, 0.3) is 0 Å². The molecule has 4 rings (SSSR count). The van der Waals surface area contributed by atoms with Gasteiger partial charge in [0, 0.05) is 37.8 Å². The molecule has 0 saturated carbocycles. The number of amides is 1. The van der Waals surface area contributed by atoms with E-state index >= 15 is 0 Å². The first-order valence-corrected chi connectivity index (χ1v) is 9.62. The van der Waals surface area contributed by atoms with Gasteiger partial charge < -0.3 is 14.9 Å². The average Bonchev–Trinajstić information content (AvgIpc) is 3.26. The van der Waals surface area contributed by atoms with E-state index in [4.69, 9.17) is 0 Å². The van der Waals surface area contributed by atoms with E-state index in [0.29, 0.717) is 18.7 Å². The molecule has 2 aliphatic heterocycles. The van der Waals surface area contributed by atoms with Gasteiger partial charge in [0.15, 0.2) is 0 Å². The predicted molar refractivity (Wildman–Crippen MR) is 106 cm³/mol. The van der Waals surface area contributed by atoms with Gasteiger partial charge in [0.25, 0.3) is 11.6 Å². The molecule has 0 spiro atoms. The van der Waals surface area contributed by atoms with Crippen LogP contribution < -0.4 is 4.90 Å². The molecule has 0 unspecified atom stereocenters. The van der Waals surface area contributed by atoms with Crippen molar-refractivity contribution >= 4 is 23.3 Å². The summed E-state index contributed by atoms with van der Waals surface area (Å²) in [6.07, 6.45) is 2.63. The molecule has 0 aliphatic carbocycles. The van der Waals surface area contributed by atoms with E-state index in [-0.39, 0.29) is 29.3 Å². The summed E-state index contributed by atoms with van der Waals surface area (Å²) in [5, 5.41) is 20.8.